The van der Waals surface area contributed by atoms with Gasteiger partial charge >= 0.3 is 5.97 Å². The molecule has 5 aromatic rings. The zero-order chi connectivity index (χ0) is 30.6. The summed E-state index contributed by atoms with van der Waals surface area (Å²) >= 11 is 0. The lowest BCUT2D eigenvalue weighted by atomic mass is 9.94. The number of fused-ring (bicyclic) bond motifs is 2. The first-order chi connectivity index (χ1) is 21.5. The van der Waals surface area contributed by atoms with Crippen molar-refractivity contribution < 1.29 is 28.1 Å². The van der Waals surface area contributed by atoms with Crippen LogP contribution in [-0.2, 0) is 47.0 Å². The molecule has 0 spiro atoms. The van der Waals surface area contributed by atoms with Crippen LogP contribution in [0.15, 0.2) is 66.7 Å². The summed E-state index contributed by atoms with van der Waals surface area (Å²) in [5, 5.41) is 8.97. The summed E-state index contributed by atoms with van der Waals surface area (Å²) in [4.78, 5) is 21.8. The van der Waals surface area contributed by atoms with E-state index in [1.165, 1.54) is 13.2 Å². The Morgan fingerprint density at radius 1 is 1.02 bits per heavy atom. The summed E-state index contributed by atoms with van der Waals surface area (Å²) in [7, 11) is 3.02. The van der Waals surface area contributed by atoms with E-state index in [2.05, 4.69) is 10.6 Å². The average molecular weight is 593 g/mol. The lowest BCUT2D eigenvalue weighted by Gasteiger charge is -2.14. The predicted octanol–water partition coefficient (Wildman–Crippen LogP) is 5.74. The summed E-state index contributed by atoms with van der Waals surface area (Å²) in [5.41, 5.74) is 7.58. The Hall–Kier alpha value is -5.11. The van der Waals surface area contributed by atoms with Crippen LogP contribution in [-0.4, -0.2) is 41.3 Å². The third-order valence-corrected chi connectivity index (χ3v) is 7.69. The number of rotatable bonds is 10. The maximum Gasteiger partial charge on any atom is 0.337 e. The van der Waals surface area contributed by atoms with Gasteiger partial charge in [-0.1, -0.05) is 24.3 Å². The van der Waals surface area contributed by atoms with Crippen molar-refractivity contribution in [3.05, 3.63) is 112 Å². The lowest BCUT2D eigenvalue weighted by Crippen LogP contribution is -2.10. The van der Waals surface area contributed by atoms with Crippen LogP contribution in [0.25, 0.3) is 22.3 Å². The molecule has 1 aliphatic rings. The predicted molar refractivity (Wildman–Crippen MR) is 159 cm³/mol. The largest absolute Gasteiger partial charge is 0.473 e. The normalized spacial score (nSPS) is 12.2. The molecule has 0 unspecified atom stereocenters. The van der Waals surface area contributed by atoms with Gasteiger partial charge in [-0.3, -0.25) is 0 Å². The molecule has 0 saturated carbocycles. The van der Waals surface area contributed by atoms with Gasteiger partial charge in [0.25, 0.3) is 0 Å². The van der Waals surface area contributed by atoms with E-state index in [-0.39, 0.29) is 12.2 Å². The Morgan fingerprint density at radius 2 is 1.86 bits per heavy atom. The fourth-order valence-electron chi connectivity index (χ4n) is 5.43. The monoisotopic (exact) mass is 592 g/mol. The fraction of sp³-hybridized carbons (Fsp3) is 0.235. The van der Waals surface area contributed by atoms with Gasteiger partial charge in [0.2, 0.25) is 5.88 Å². The van der Waals surface area contributed by atoms with Gasteiger partial charge in [-0.05, 0) is 53.1 Å². The van der Waals surface area contributed by atoms with Crippen LogP contribution in [0.4, 0.5) is 4.39 Å². The van der Waals surface area contributed by atoms with Gasteiger partial charge in [-0.15, -0.1) is 0 Å². The average Bonchev–Trinajstić information content (AvgIpc) is 3.68. The van der Waals surface area contributed by atoms with Crippen molar-refractivity contribution in [3.63, 3.8) is 0 Å². The molecule has 0 N–H and O–H groups in total. The van der Waals surface area contributed by atoms with E-state index >= 15 is 0 Å². The Labute approximate surface area is 253 Å². The van der Waals surface area contributed by atoms with Gasteiger partial charge in [0.05, 0.1) is 60.9 Å². The number of methoxy groups -OCH3 is 2. The van der Waals surface area contributed by atoms with Crippen LogP contribution in [0, 0.1) is 17.1 Å². The summed E-state index contributed by atoms with van der Waals surface area (Å²) in [6.07, 6.45) is 0.560. The van der Waals surface area contributed by atoms with Crippen molar-refractivity contribution in [2.45, 2.75) is 32.8 Å². The van der Waals surface area contributed by atoms with Crippen molar-refractivity contribution in [2.75, 3.05) is 20.8 Å². The molecule has 3 aromatic carbocycles. The van der Waals surface area contributed by atoms with Crippen molar-refractivity contribution in [2.24, 2.45) is 0 Å². The molecule has 0 aliphatic carbocycles. The number of carbonyl (C=O) groups is 1. The Kier molecular flexibility index (Phi) is 8.32. The molecular formula is C34H29FN4O5. The smallest absolute Gasteiger partial charge is 0.337 e. The number of hydrogen-bond donors (Lipinski definition) is 0. The van der Waals surface area contributed by atoms with E-state index in [1.807, 2.05) is 30.3 Å². The van der Waals surface area contributed by atoms with Crippen molar-refractivity contribution >= 4 is 17.0 Å². The number of ether oxygens (including phenoxy) is 4. The van der Waals surface area contributed by atoms with Crippen molar-refractivity contribution in [1.29, 1.82) is 5.26 Å². The molecule has 0 fully saturated rings. The van der Waals surface area contributed by atoms with E-state index in [9.17, 15) is 9.18 Å². The molecule has 0 atom stereocenters. The van der Waals surface area contributed by atoms with E-state index in [1.54, 1.807) is 37.4 Å². The maximum absolute atomic E-state index is 14.3. The maximum atomic E-state index is 14.3. The molecule has 44 heavy (non-hydrogen) atoms. The molecule has 9 nitrogen and oxygen atoms in total. The minimum absolute atomic E-state index is 0.0145. The number of halogens is 1. The Morgan fingerprint density at radius 3 is 2.66 bits per heavy atom. The number of carbonyl (C=O) groups excluding carboxylic acids is 1. The topological polar surface area (TPSA) is 108 Å². The Bertz CT molecular complexity index is 1910. The Balaban J connectivity index is 1.28. The number of nitriles is 1. The van der Waals surface area contributed by atoms with Gasteiger partial charge in [-0.25, -0.2) is 19.2 Å². The molecule has 0 bridgehead atoms. The second-order valence-electron chi connectivity index (χ2n) is 10.3. The molecule has 2 aromatic heterocycles. The van der Waals surface area contributed by atoms with Gasteiger partial charge in [0, 0.05) is 37.3 Å². The van der Waals surface area contributed by atoms with Gasteiger partial charge in [0.15, 0.2) is 0 Å². The number of esters is 1. The first-order valence-electron chi connectivity index (χ1n) is 14.1. The van der Waals surface area contributed by atoms with E-state index in [0.717, 1.165) is 44.8 Å². The summed E-state index contributed by atoms with van der Waals surface area (Å²) < 4.78 is 38.4. The van der Waals surface area contributed by atoms with Crippen molar-refractivity contribution in [1.82, 2.24) is 14.5 Å². The molecule has 10 heteroatoms. The SMILES string of the molecule is COCCn1c(Cc2ccc(-c3cccc(OCc4ccc(C#N)cc4F)n3)c3c2COC3)nc2ccc(C(=O)OC)cc21. The molecule has 1 aliphatic heterocycles. The fourth-order valence-corrected chi connectivity index (χ4v) is 5.43. The van der Waals surface area contributed by atoms with Crippen LogP contribution >= 0.6 is 0 Å². The second-order valence-corrected chi connectivity index (χ2v) is 10.3. The van der Waals surface area contributed by atoms with Crippen LogP contribution < -0.4 is 4.74 Å². The highest BCUT2D eigenvalue weighted by molar-refractivity contribution is 5.93. The third-order valence-electron chi connectivity index (χ3n) is 7.69. The van der Waals surface area contributed by atoms with E-state index in [4.69, 9.17) is 34.2 Å². The lowest BCUT2D eigenvalue weighted by molar-refractivity contribution is 0.0601. The molecule has 0 radical (unpaired) electrons. The third kappa shape index (κ3) is 5.75. The summed E-state index contributed by atoms with van der Waals surface area (Å²) in [5.74, 6) is 0.319. The first-order valence-corrected chi connectivity index (χ1v) is 14.1. The number of aromatic nitrogens is 3. The highest BCUT2D eigenvalue weighted by Crippen LogP contribution is 2.35. The van der Waals surface area contributed by atoms with Crippen molar-refractivity contribution in [3.8, 4) is 23.2 Å². The molecule has 0 saturated heterocycles. The number of nitrogens with zero attached hydrogens (tertiary/aromatic N) is 4. The van der Waals surface area contributed by atoms with E-state index < -0.39 is 11.8 Å². The second kappa shape index (κ2) is 12.6. The van der Waals surface area contributed by atoms with Crippen LogP contribution in [0.2, 0.25) is 0 Å². The van der Waals surface area contributed by atoms with Crippen LogP contribution in [0.1, 0.15) is 44.0 Å². The van der Waals surface area contributed by atoms with Gasteiger partial charge in [-0.2, -0.15) is 5.26 Å². The number of pyridine rings is 1. The molecule has 6 rings (SSSR count). The number of benzene rings is 3. The number of imidazole rings is 1. The van der Waals surface area contributed by atoms with Gasteiger partial charge < -0.3 is 23.5 Å². The standard InChI is InChI=1S/C34H29FN4O5/c1-41-13-12-39-31-15-23(34(40)42-2)9-11-30(31)37-32(39)16-22-8-10-25(27-20-43-19-26(22)27)29-4-3-5-33(38-29)44-18-24-7-6-21(17-36)14-28(24)35/h3-11,14-15H,12-13,16,18-20H2,1-2H3. The molecular weight excluding hydrogens is 563 g/mol. The van der Waals surface area contributed by atoms with Crippen LogP contribution in [0.5, 0.6) is 5.88 Å². The molecule has 3 heterocycles. The first kappa shape index (κ1) is 29.0. The quantitative estimate of drug-likeness (QED) is 0.189. The highest BCUT2D eigenvalue weighted by Gasteiger charge is 2.23. The zero-order valence-corrected chi connectivity index (χ0v) is 24.3. The molecule has 222 valence electrons. The number of hydrogen-bond acceptors (Lipinski definition) is 8. The molecule has 0 amide bonds. The van der Waals surface area contributed by atoms with Gasteiger partial charge in [0.1, 0.15) is 18.2 Å². The van der Waals surface area contributed by atoms with Crippen LogP contribution in [0.3, 0.4) is 0 Å². The van der Waals surface area contributed by atoms with E-state index in [0.29, 0.717) is 49.8 Å². The minimum atomic E-state index is -0.495. The zero-order valence-electron chi connectivity index (χ0n) is 24.3. The minimum Gasteiger partial charge on any atom is -0.473 e. The highest BCUT2D eigenvalue weighted by atomic mass is 19.1. The summed E-state index contributed by atoms with van der Waals surface area (Å²) in [6.45, 7) is 1.97. The summed E-state index contributed by atoms with van der Waals surface area (Å²) in [6, 6.07) is 21.2.